The predicted molar refractivity (Wildman–Crippen MR) is 66.4 cm³/mol. The lowest BCUT2D eigenvalue weighted by Gasteiger charge is -2.18. The van der Waals surface area contributed by atoms with Crippen LogP contribution in [-0.2, 0) is 0 Å². The number of ether oxygens (including phenoxy) is 1. The van der Waals surface area contributed by atoms with Gasteiger partial charge in [-0.05, 0) is 12.1 Å². The van der Waals surface area contributed by atoms with E-state index in [0.29, 0.717) is 6.54 Å². The summed E-state index contributed by atoms with van der Waals surface area (Å²) in [6.07, 6.45) is 1.52. The zero-order valence-corrected chi connectivity index (χ0v) is 9.92. The number of hydrogen-bond acceptors (Lipinski definition) is 5. The first-order chi connectivity index (χ1) is 8.26. The minimum absolute atomic E-state index is 0.0954. The molecule has 0 saturated heterocycles. The number of aliphatic hydroxyl groups is 1. The Hall–Kier alpha value is -1.88. The molecule has 2 aromatic rings. The van der Waals surface area contributed by atoms with E-state index in [1.54, 1.807) is 7.11 Å². The Kier molecular flexibility index (Phi) is 3.39. The minimum atomic E-state index is 0.0954. The smallest absolute Gasteiger partial charge is 0.139 e. The van der Waals surface area contributed by atoms with Gasteiger partial charge in [0.2, 0.25) is 0 Å². The van der Waals surface area contributed by atoms with E-state index in [2.05, 4.69) is 9.97 Å². The number of aliphatic hydroxyl groups excluding tert-OH is 1. The molecule has 0 aliphatic rings. The average molecular weight is 233 g/mol. The van der Waals surface area contributed by atoms with Crippen LogP contribution < -0.4 is 9.64 Å². The number of aromatic nitrogens is 2. The summed E-state index contributed by atoms with van der Waals surface area (Å²) in [7, 11) is 3.52. The largest absolute Gasteiger partial charge is 0.497 e. The summed E-state index contributed by atoms with van der Waals surface area (Å²) in [6, 6.07) is 5.67. The van der Waals surface area contributed by atoms with Crippen molar-refractivity contribution in [3.63, 3.8) is 0 Å². The average Bonchev–Trinajstić information content (AvgIpc) is 2.37. The van der Waals surface area contributed by atoms with E-state index in [4.69, 9.17) is 9.84 Å². The third-order valence-corrected chi connectivity index (χ3v) is 2.62. The predicted octanol–water partition coefficient (Wildman–Crippen LogP) is 1.07. The van der Waals surface area contributed by atoms with Crippen LogP contribution in [0, 0.1) is 0 Å². The lowest BCUT2D eigenvalue weighted by molar-refractivity contribution is 0.304. The van der Waals surface area contributed by atoms with Gasteiger partial charge in [-0.3, -0.25) is 0 Å². The summed E-state index contributed by atoms with van der Waals surface area (Å²) in [6.45, 7) is 0.635. The van der Waals surface area contributed by atoms with E-state index in [-0.39, 0.29) is 6.61 Å². The van der Waals surface area contributed by atoms with E-state index < -0.39 is 0 Å². The lowest BCUT2D eigenvalue weighted by atomic mass is 10.2. The Morgan fingerprint density at radius 2 is 2.18 bits per heavy atom. The van der Waals surface area contributed by atoms with Gasteiger partial charge < -0.3 is 14.7 Å². The zero-order chi connectivity index (χ0) is 12.3. The second kappa shape index (κ2) is 4.97. The highest BCUT2D eigenvalue weighted by Crippen LogP contribution is 2.25. The number of nitrogens with zero attached hydrogens (tertiary/aromatic N) is 3. The van der Waals surface area contributed by atoms with Crippen molar-refractivity contribution < 1.29 is 9.84 Å². The molecule has 5 heteroatoms. The number of methoxy groups -OCH3 is 1. The van der Waals surface area contributed by atoms with Crippen molar-refractivity contribution in [1.82, 2.24) is 9.97 Å². The number of likely N-dealkylation sites (N-methyl/N-ethyl adjacent to an activating group) is 1. The molecule has 90 valence electrons. The van der Waals surface area contributed by atoms with Crippen molar-refractivity contribution in [3.8, 4) is 5.75 Å². The summed E-state index contributed by atoms with van der Waals surface area (Å²) in [4.78, 5) is 10.4. The van der Waals surface area contributed by atoms with Crippen molar-refractivity contribution >= 4 is 16.7 Å². The fourth-order valence-electron chi connectivity index (χ4n) is 1.71. The maximum Gasteiger partial charge on any atom is 0.139 e. The molecule has 0 fully saturated rings. The highest BCUT2D eigenvalue weighted by molar-refractivity contribution is 5.90. The Morgan fingerprint density at radius 3 is 2.88 bits per heavy atom. The minimum Gasteiger partial charge on any atom is -0.497 e. The molecule has 1 heterocycles. The fraction of sp³-hybridized carbons (Fsp3) is 0.333. The molecule has 1 aromatic heterocycles. The molecule has 0 aliphatic heterocycles. The van der Waals surface area contributed by atoms with Gasteiger partial charge in [0.25, 0.3) is 0 Å². The maximum absolute atomic E-state index is 8.95. The molecule has 1 aromatic carbocycles. The van der Waals surface area contributed by atoms with Gasteiger partial charge in [0, 0.05) is 25.0 Å². The highest BCUT2D eigenvalue weighted by atomic mass is 16.5. The van der Waals surface area contributed by atoms with Gasteiger partial charge in [-0.25, -0.2) is 9.97 Å². The van der Waals surface area contributed by atoms with Crippen molar-refractivity contribution in [2.45, 2.75) is 0 Å². The molecule has 0 amide bonds. The first-order valence-corrected chi connectivity index (χ1v) is 5.37. The van der Waals surface area contributed by atoms with Gasteiger partial charge in [0.05, 0.1) is 19.2 Å². The van der Waals surface area contributed by atoms with Crippen LogP contribution in [0.1, 0.15) is 0 Å². The van der Waals surface area contributed by atoms with Crippen molar-refractivity contribution in [3.05, 3.63) is 24.5 Å². The van der Waals surface area contributed by atoms with Crippen LogP contribution in [0.5, 0.6) is 5.75 Å². The van der Waals surface area contributed by atoms with Crippen LogP contribution in [0.4, 0.5) is 5.82 Å². The molecule has 5 nitrogen and oxygen atoms in total. The lowest BCUT2D eigenvalue weighted by Crippen LogP contribution is -2.22. The molecule has 0 radical (unpaired) electrons. The summed E-state index contributed by atoms with van der Waals surface area (Å²) >= 11 is 0. The van der Waals surface area contributed by atoms with Gasteiger partial charge in [-0.1, -0.05) is 0 Å². The van der Waals surface area contributed by atoms with Gasteiger partial charge in [0.1, 0.15) is 17.9 Å². The van der Waals surface area contributed by atoms with Crippen LogP contribution in [-0.4, -0.2) is 42.4 Å². The Bertz CT molecular complexity index is 516. The topological polar surface area (TPSA) is 58.5 Å². The molecule has 0 spiro atoms. The Balaban J connectivity index is 2.50. The first-order valence-electron chi connectivity index (χ1n) is 5.37. The number of rotatable bonds is 4. The zero-order valence-electron chi connectivity index (χ0n) is 9.92. The highest BCUT2D eigenvalue weighted by Gasteiger charge is 2.08. The van der Waals surface area contributed by atoms with E-state index in [1.165, 1.54) is 6.33 Å². The van der Waals surface area contributed by atoms with Crippen LogP contribution in [0.2, 0.25) is 0 Å². The normalized spacial score (nSPS) is 10.5. The summed E-state index contributed by atoms with van der Waals surface area (Å²) < 4.78 is 5.16. The molecular formula is C12H15N3O2. The quantitative estimate of drug-likeness (QED) is 0.856. The van der Waals surface area contributed by atoms with Gasteiger partial charge >= 0.3 is 0 Å². The van der Waals surface area contributed by atoms with Crippen LogP contribution in [0.25, 0.3) is 10.9 Å². The Labute approximate surface area is 99.7 Å². The van der Waals surface area contributed by atoms with E-state index in [0.717, 1.165) is 22.5 Å². The van der Waals surface area contributed by atoms with Gasteiger partial charge in [-0.2, -0.15) is 0 Å². The number of anilines is 1. The molecule has 0 bridgehead atoms. The van der Waals surface area contributed by atoms with Crippen molar-refractivity contribution in [2.24, 2.45) is 0 Å². The molecule has 0 saturated carbocycles. The molecule has 0 aliphatic carbocycles. The summed E-state index contributed by atoms with van der Waals surface area (Å²) in [5.74, 6) is 1.58. The van der Waals surface area contributed by atoms with Crippen molar-refractivity contribution in [1.29, 1.82) is 0 Å². The Morgan fingerprint density at radius 1 is 1.35 bits per heavy atom. The van der Waals surface area contributed by atoms with Crippen LogP contribution in [0.3, 0.4) is 0 Å². The second-order valence-electron chi connectivity index (χ2n) is 3.73. The molecule has 0 unspecified atom stereocenters. The van der Waals surface area contributed by atoms with Gasteiger partial charge in [-0.15, -0.1) is 0 Å². The van der Waals surface area contributed by atoms with Crippen molar-refractivity contribution in [2.75, 3.05) is 32.2 Å². The molecule has 1 N–H and O–H groups in total. The molecule has 0 atom stereocenters. The number of fused-ring (bicyclic) bond motifs is 1. The summed E-state index contributed by atoms with van der Waals surface area (Å²) in [5.41, 5.74) is 0.833. The SMILES string of the molecule is COc1ccc2c(N(C)CCO)ncnc2c1. The molecule has 17 heavy (non-hydrogen) atoms. The molecular weight excluding hydrogens is 218 g/mol. The third-order valence-electron chi connectivity index (χ3n) is 2.62. The van der Waals surface area contributed by atoms with E-state index >= 15 is 0 Å². The third kappa shape index (κ3) is 2.29. The fourth-order valence-corrected chi connectivity index (χ4v) is 1.71. The standard InChI is InChI=1S/C12H15N3O2/c1-15(5-6-16)12-10-4-3-9(17-2)7-11(10)13-8-14-12/h3-4,7-8,16H,5-6H2,1-2H3. The monoisotopic (exact) mass is 233 g/mol. The maximum atomic E-state index is 8.95. The first kappa shape index (κ1) is 11.6. The van der Waals surface area contributed by atoms with Crippen LogP contribution in [0.15, 0.2) is 24.5 Å². The van der Waals surface area contributed by atoms with Gasteiger partial charge in [0.15, 0.2) is 0 Å². The number of benzene rings is 1. The van der Waals surface area contributed by atoms with E-state index in [9.17, 15) is 0 Å². The van der Waals surface area contributed by atoms with E-state index in [1.807, 2.05) is 30.1 Å². The summed E-state index contributed by atoms with van der Waals surface area (Å²) in [5, 5.41) is 9.90. The number of hydrogen-bond donors (Lipinski definition) is 1. The second-order valence-corrected chi connectivity index (χ2v) is 3.73. The molecule has 2 rings (SSSR count). The van der Waals surface area contributed by atoms with Crippen LogP contribution >= 0.6 is 0 Å².